The number of aromatic amines is 1. The molecule has 2 N–H and O–H groups in total. The van der Waals surface area contributed by atoms with Gasteiger partial charge in [-0.15, -0.1) is 0 Å². The molecule has 0 aliphatic carbocycles. The lowest BCUT2D eigenvalue weighted by Gasteiger charge is -2.24. The number of hydrogen-bond donors (Lipinski definition) is 2. The summed E-state index contributed by atoms with van der Waals surface area (Å²) in [5, 5.41) is 8.55. The second-order valence-corrected chi connectivity index (χ2v) is 5.84. The summed E-state index contributed by atoms with van der Waals surface area (Å²) in [5.74, 6) is 0.0859. The fourth-order valence-electron chi connectivity index (χ4n) is 3.22. The van der Waals surface area contributed by atoms with E-state index in [0.717, 1.165) is 35.9 Å². The second kappa shape index (κ2) is 5.33. The van der Waals surface area contributed by atoms with Crippen LogP contribution in [0, 0.1) is 0 Å². The number of aryl methyl sites for hydroxylation is 1. The lowest BCUT2D eigenvalue weighted by Crippen LogP contribution is -2.40. The fraction of sp³-hybridized carbons (Fsp3) is 0.294. The number of amides is 1. The van der Waals surface area contributed by atoms with Crippen molar-refractivity contribution in [3.63, 3.8) is 0 Å². The van der Waals surface area contributed by atoms with E-state index in [1.807, 2.05) is 47.4 Å². The summed E-state index contributed by atoms with van der Waals surface area (Å²) in [5.41, 5.74) is 3.32. The van der Waals surface area contributed by atoms with Crippen LogP contribution >= 0.6 is 0 Å². The first kappa shape index (κ1) is 13.1. The zero-order valence-corrected chi connectivity index (χ0v) is 12.2. The molecule has 0 radical (unpaired) electrons. The summed E-state index contributed by atoms with van der Waals surface area (Å²) in [6, 6.07) is 10.3. The second-order valence-electron chi connectivity index (χ2n) is 5.84. The third-order valence-corrected chi connectivity index (χ3v) is 4.34. The predicted octanol–water partition coefficient (Wildman–Crippen LogP) is 2.04. The Hall–Kier alpha value is -2.56. The number of fused-ring (bicyclic) bond motifs is 2. The highest BCUT2D eigenvalue weighted by Gasteiger charge is 2.20. The molecule has 5 heteroatoms. The maximum Gasteiger partial charge on any atom is 0.224 e. The Morgan fingerprint density at radius 3 is 3.23 bits per heavy atom. The van der Waals surface area contributed by atoms with Gasteiger partial charge in [-0.25, -0.2) is 0 Å². The zero-order valence-electron chi connectivity index (χ0n) is 12.2. The van der Waals surface area contributed by atoms with Crippen LogP contribution in [0.25, 0.3) is 10.9 Å². The number of aromatic nitrogens is 3. The molecular weight excluding hydrogens is 276 g/mol. The standard InChI is InChI=1S/C17H18N4O/c22-17(9-12-11-18-16-4-2-1-3-15(12)16)20-13-6-8-21-14(10-13)5-7-19-21/h1-5,7,11,13,18H,6,8-10H2,(H,20,22)/t13-/m1/s1. The summed E-state index contributed by atoms with van der Waals surface area (Å²) in [6.45, 7) is 0.875. The molecule has 3 heterocycles. The van der Waals surface area contributed by atoms with E-state index in [1.165, 1.54) is 5.69 Å². The van der Waals surface area contributed by atoms with Crippen molar-refractivity contribution in [2.45, 2.75) is 31.8 Å². The minimum absolute atomic E-state index is 0.0859. The number of benzene rings is 1. The highest BCUT2D eigenvalue weighted by atomic mass is 16.1. The molecular formula is C17H18N4O. The topological polar surface area (TPSA) is 62.7 Å². The first-order valence-corrected chi connectivity index (χ1v) is 7.64. The lowest BCUT2D eigenvalue weighted by atomic mass is 10.0. The van der Waals surface area contributed by atoms with Gasteiger partial charge in [0.1, 0.15) is 0 Å². The normalized spacial score (nSPS) is 17.4. The Bertz CT molecular complexity index is 817. The van der Waals surface area contributed by atoms with E-state index in [4.69, 9.17) is 0 Å². The van der Waals surface area contributed by atoms with E-state index < -0.39 is 0 Å². The molecule has 0 fully saturated rings. The largest absolute Gasteiger partial charge is 0.361 e. The van der Waals surface area contributed by atoms with Crippen LogP contribution in [0.5, 0.6) is 0 Å². The average molecular weight is 294 g/mol. The molecule has 1 amide bonds. The van der Waals surface area contributed by atoms with E-state index >= 15 is 0 Å². The number of para-hydroxylation sites is 1. The van der Waals surface area contributed by atoms with Crippen LogP contribution in [0.4, 0.5) is 0 Å². The first-order chi connectivity index (χ1) is 10.8. The molecule has 2 aromatic heterocycles. The Morgan fingerprint density at radius 2 is 2.27 bits per heavy atom. The van der Waals surface area contributed by atoms with E-state index in [9.17, 15) is 4.79 Å². The fourth-order valence-corrected chi connectivity index (χ4v) is 3.22. The molecule has 1 aliphatic heterocycles. The molecule has 3 aromatic rings. The quantitative estimate of drug-likeness (QED) is 0.776. The Morgan fingerprint density at radius 1 is 1.36 bits per heavy atom. The Kier molecular flexibility index (Phi) is 3.18. The van der Waals surface area contributed by atoms with Crippen molar-refractivity contribution in [3.05, 3.63) is 54.0 Å². The minimum Gasteiger partial charge on any atom is -0.361 e. The molecule has 22 heavy (non-hydrogen) atoms. The van der Waals surface area contributed by atoms with E-state index in [-0.39, 0.29) is 11.9 Å². The maximum absolute atomic E-state index is 12.3. The molecule has 0 unspecified atom stereocenters. The van der Waals surface area contributed by atoms with Crippen molar-refractivity contribution in [2.24, 2.45) is 0 Å². The number of H-pyrrole nitrogens is 1. The van der Waals surface area contributed by atoms with Crippen LogP contribution in [0.15, 0.2) is 42.7 Å². The van der Waals surface area contributed by atoms with Crippen molar-refractivity contribution >= 4 is 16.8 Å². The molecule has 1 aromatic carbocycles. The molecule has 1 aliphatic rings. The maximum atomic E-state index is 12.3. The van der Waals surface area contributed by atoms with Crippen molar-refractivity contribution in [1.82, 2.24) is 20.1 Å². The number of carbonyl (C=O) groups excluding carboxylic acids is 1. The third kappa shape index (κ3) is 2.39. The summed E-state index contributed by atoms with van der Waals surface area (Å²) in [7, 11) is 0. The van der Waals surface area contributed by atoms with Gasteiger partial charge in [0.05, 0.1) is 6.42 Å². The summed E-state index contributed by atoms with van der Waals surface area (Å²) in [6.07, 6.45) is 5.97. The van der Waals surface area contributed by atoms with Crippen LogP contribution in [-0.4, -0.2) is 26.7 Å². The van der Waals surface area contributed by atoms with Crippen molar-refractivity contribution in [3.8, 4) is 0 Å². The molecule has 0 saturated heterocycles. The van der Waals surface area contributed by atoms with Crippen molar-refractivity contribution < 1.29 is 4.79 Å². The van der Waals surface area contributed by atoms with Gasteiger partial charge in [-0.3, -0.25) is 9.48 Å². The van der Waals surface area contributed by atoms with E-state index in [2.05, 4.69) is 15.4 Å². The summed E-state index contributed by atoms with van der Waals surface area (Å²) in [4.78, 5) is 15.5. The predicted molar refractivity (Wildman–Crippen MR) is 84.5 cm³/mol. The molecule has 112 valence electrons. The molecule has 4 rings (SSSR count). The Labute approximate surface area is 128 Å². The SMILES string of the molecule is O=C(Cc1c[nH]c2ccccc12)N[C@@H]1CCn2nccc2C1. The number of carbonyl (C=O) groups is 1. The van der Waals surface area contributed by atoms with Gasteiger partial charge >= 0.3 is 0 Å². The average Bonchev–Trinajstić information content (AvgIpc) is 3.14. The van der Waals surface area contributed by atoms with Crippen LogP contribution in [0.1, 0.15) is 17.7 Å². The molecule has 0 spiro atoms. The van der Waals surface area contributed by atoms with Crippen molar-refractivity contribution in [1.29, 1.82) is 0 Å². The summed E-state index contributed by atoms with van der Waals surface area (Å²) >= 11 is 0. The Balaban J connectivity index is 1.43. The first-order valence-electron chi connectivity index (χ1n) is 7.64. The van der Waals surface area contributed by atoms with E-state index in [0.29, 0.717) is 6.42 Å². The lowest BCUT2D eigenvalue weighted by molar-refractivity contribution is -0.121. The van der Waals surface area contributed by atoms with Gasteiger partial charge < -0.3 is 10.3 Å². The van der Waals surface area contributed by atoms with Crippen molar-refractivity contribution in [2.75, 3.05) is 0 Å². The van der Waals surface area contributed by atoms with Crippen LogP contribution in [0.3, 0.4) is 0 Å². The van der Waals surface area contributed by atoms with E-state index in [1.54, 1.807) is 0 Å². The van der Waals surface area contributed by atoms with Crippen LogP contribution in [0.2, 0.25) is 0 Å². The van der Waals surface area contributed by atoms with Gasteiger partial charge in [0.2, 0.25) is 5.91 Å². The molecule has 0 saturated carbocycles. The van der Waals surface area contributed by atoms with Gasteiger partial charge in [-0.05, 0) is 24.1 Å². The van der Waals surface area contributed by atoms with Gasteiger partial charge in [-0.2, -0.15) is 5.10 Å². The number of rotatable bonds is 3. The van der Waals surface area contributed by atoms with Crippen LogP contribution < -0.4 is 5.32 Å². The van der Waals surface area contributed by atoms with Crippen LogP contribution in [-0.2, 0) is 24.2 Å². The van der Waals surface area contributed by atoms with Gasteiger partial charge in [0.15, 0.2) is 0 Å². The third-order valence-electron chi connectivity index (χ3n) is 4.34. The number of nitrogens with zero attached hydrogens (tertiary/aromatic N) is 2. The highest BCUT2D eigenvalue weighted by molar-refractivity contribution is 5.88. The monoisotopic (exact) mass is 294 g/mol. The smallest absolute Gasteiger partial charge is 0.224 e. The molecule has 0 bridgehead atoms. The zero-order chi connectivity index (χ0) is 14.9. The number of hydrogen-bond acceptors (Lipinski definition) is 2. The molecule has 5 nitrogen and oxygen atoms in total. The summed E-state index contributed by atoms with van der Waals surface area (Å²) < 4.78 is 2.02. The number of nitrogens with one attached hydrogen (secondary N) is 2. The molecule has 1 atom stereocenters. The minimum atomic E-state index is 0.0859. The van der Waals surface area contributed by atoms with Gasteiger partial charge in [-0.1, -0.05) is 18.2 Å². The van der Waals surface area contributed by atoms with Gasteiger partial charge in [0.25, 0.3) is 0 Å². The highest BCUT2D eigenvalue weighted by Crippen LogP contribution is 2.19. The van der Waals surface area contributed by atoms with Gasteiger partial charge in [0, 0.05) is 48.0 Å².